The van der Waals surface area contributed by atoms with Gasteiger partial charge >= 0.3 is 5.97 Å². The van der Waals surface area contributed by atoms with E-state index in [-0.39, 0.29) is 5.97 Å². The van der Waals surface area contributed by atoms with Crippen LogP contribution in [0.25, 0.3) is 10.9 Å². The number of hydrogen-bond acceptors (Lipinski definition) is 4. The number of rotatable bonds is 1. The Labute approximate surface area is 128 Å². The maximum atomic E-state index is 11.8. The summed E-state index contributed by atoms with van der Waals surface area (Å²) in [7, 11) is 3.48. The van der Waals surface area contributed by atoms with E-state index < -0.39 is 5.79 Å². The zero-order valence-electron chi connectivity index (χ0n) is 12.8. The third-order valence-corrected chi connectivity index (χ3v) is 4.86. The molecule has 1 aliphatic heterocycles. The van der Waals surface area contributed by atoms with E-state index in [1.807, 2.05) is 18.2 Å². The second-order valence-electron chi connectivity index (χ2n) is 5.99. The minimum Gasteiger partial charge on any atom is -0.465 e. The van der Waals surface area contributed by atoms with Crippen LogP contribution in [-0.2, 0) is 34.1 Å². The van der Waals surface area contributed by atoms with E-state index in [1.54, 1.807) is 0 Å². The molecule has 0 amide bonds. The molecule has 0 atom stereocenters. The van der Waals surface area contributed by atoms with E-state index in [4.69, 9.17) is 14.2 Å². The van der Waals surface area contributed by atoms with Crippen molar-refractivity contribution in [1.29, 1.82) is 0 Å². The van der Waals surface area contributed by atoms with Crippen LogP contribution in [0.5, 0.6) is 0 Å². The molecule has 1 aliphatic carbocycles. The van der Waals surface area contributed by atoms with Crippen molar-refractivity contribution in [2.45, 2.75) is 25.0 Å². The Bertz CT molecular complexity index is 756. The molecular formula is C17H19NO4. The highest BCUT2D eigenvalue weighted by atomic mass is 16.7. The Balaban J connectivity index is 1.86. The van der Waals surface area contributed by atoms with Crippen molar-refractivity contribution < 1.29 is 19.0 Å². The molecule has 2 aliphatic rings. The molecule has 4 rings (SSSR count). The van der Waals surface area contributed by atoms with Crippen LogP contribution in [-0.4, -0.2) is 36.6 Å². The number of benzene rings is 1. The summed E-state index contributed by atoms with van der Waals surface area (Å²) in [5.41, 5.74) is 4.25. The number of ether oxygens (including phenoxy) is 3. The predicted octanol–water partition coefficient (Wildman–Crippen LogP) is 2.20. The maximum Gasteiger partial charge on any atom is 0.337 e. The molecule has 0 bridgehead atoms. The van der Waals surface area contributed by atoms with Gasteiger partial charge in [0.25, 0.3) is 0 Å². The molecule has 2 aromatic rings. The number of esters is 1. The molecule has 1 fully saturated rings. The van der Waals surface area contributed by atoms with Gasteiger partial charge in [-0.05, 0) is 30.2 Å². The summed E-state index contributed by atoms with van der Waals surface area (Å²) in [6, 6.07) is 5.73. The van der Waals surface area contributed by atoms with E-state index in [0.717, 1.165) is 30.2 Å². The molecule has 1 saturated heterocycles. The number of hydrogen-bond donors (Lipinski definition) is 0. The van der Waals surface area contributed by atoms with Gasteiger partial charge in [-0.15, -0.1) is 0 Å². The smallest absolute Gasteiger partial charge is 0.337 e. The van der Waals surface area contributed by atoms with E-state index in [0.29, 0.717) is 18.8 Å². The van der Waals surface area contributed by atoms with Crippen LogP contribution >= 0.6 is 0 Å². The fourth-order valence-corrected chi connectivity index (χ4v) is 3.74. The van der Waals surface area contributed by atoms with Crippen molar-refractivity contribution in [3.63, 3.8) is 0 Å². The quantitative estimate of drug-likeness (QED) is 0.758. The molecule has 0 radical (unpaired) electrons. The Hall–Kier alpha value is -1.85. The van der Waals surface area contributed by atoms with Crippen LogP contribution in [0.2, 0.25) is 0 Å². The second kappa shape index (κ2) is 4.83. The van der Waals surface area contributed by atoms with Crippen LogP contribution in [0, 0.1) is 0 Å². The highest BCUT2D eigenvalue weighted by Gasteiger charge is 2.41. The van der Waals surface area contributed by atoms with Crippen molar-refractivity contribution >= 4 is 16.9 Å². The fourth-order valence-electron chi connectivity index (χ4n) is 3.74. The van der Waals surface area contributed by atoms with Crippen LogP contribution in [0.15, 0.2) is 18.2 Å². The Kier molecular flexibility index (Phi) is 3.03. The molecule has 0 unspecified atom stereocenters. The first-order chi connectivity index (χ1) is 10.6. The molecule has 22 heavy (non-hydrogen) atoms. The molecule has 0 N–H and O–H groups in total. The predicted molar refractivity (Wildman–Crippen MR) is 80.9 cm³/mol. The first kappa shape index (κ1) is 13.8. The van der Waals surface area contributed by atoms with Gasteiger partial charge in [0.15, 0.2) is 5.79 Å². The summed E-state index contributed by atoms with van der Waals surface area (Å²) in [6.45, 7) is 1.32. The molecular weight excluding hydrogens is 282 g/mol. The number of nitrogens with zero attached hydrogens (tertiary/aromatic N) is 1. The molecule has 1 aromatic carbocycles. The highest BCUT2D eigenvalue weighted by Crippen LogP contribution is 2.39. The van der Waals surface area contributed by atoms with Gasteiger partial charge < -0.3 is 18.8 Å². The molecule has 2 heterocycles. The van der Waals surface area contributed by atoms with Gasteiger partial charge in [-0.3, -0.25) is 0 Å². The summed E-state index contributed by atoms with van der Waals surface area (Å²) in [5, 5.41) is 1.10. The van der Waals surface area contributed by atoms with Crippen LogP contribution < -0.4 is 0 Å². The van der Waals surface area contributed by atoms with Crippen molar-refractivity contribution in [2.24, 2.45) is 7.05 Å². The van der Waals surface area contributed by atoms with Crippen molar-refractivity contribution in [1.82, 2.24) is 4.57 Å². The Morgan fingerprint density at radius 1 is 1.32 bits per heavy atom. The third kappa shape index (κ3) is 1.89. The zero-order chi connectivity index (χ0) is 15.3. The summed E-state index contributed by atoms with van der Waals surface area (Å²) >= 11 is 0. The number of aryl methyl sites for hydroxylation is 1. The average Bonchev–Trinajstić information content (AvgIpc) is 3.10. The van der Waals surface area contributed by atoms with Gasteiger partial charge in [0.1, 0.15) is 0 Å². The number of methoxy groups -OCH3 is 1. The molecule has 1 aromatic heterocycles. The van der Waals surface area contributed by atoms with Gasteiger partial charge in [-0.2, -0.15) is 0 Å². The third-order valence-electron chi connectivity index (χ3n) is 4.86. The first-order valence-electron chi connectivity index (χ1n) is 7.60. The average molecular weight is 301 g/mol. The van der Waals surface area contributed by atoms with Gasteiger partial charge in [-0.25, -0.2) is 4.79 Å². The van der Waals surface area contributed by atoms with E-state index in [9.17, 15) is 4.79 Å². The summed E-state index contributed by atoms with van der Waals surface area (Å²) in [4.78, 5) is 11.8. The number of fused-ring (bicyclic) bond motifs is 3. The Morgan fingerprint density at radius 2 is 2.09 bits per heavy atom. The van der Waals surface area contributed by atoms with Crippen LogP contribution in [0.3, 0.4) is 0 Å². The van der Waals surface area contributed by atoms with Gasteiger partial charge in [-0.1, -0.05) is 0 Å². The maximum absolute atomic E-state index is 11.8. The second-order valence-corrected chi connectivity index (χ2v) is 5.99. The molecule has 5 heteroatoms. The summed E-state index contributed by atoms with van der Waals surface area (Å²) in [5.74, 6) is -0.777. The van der Waals surface area contributed by atoms with E-state index in [2.05, 4.69) is 11.6 Å². The number of carbonyl (C=O) groups is 1. The number of aromatic nitrogens is 1. The summed E-state index contributed by atoms with van der Waals surface area (Å²) < 4.78 is 18.8. The van der Waals surface area contributed by atoms with Gasteiger partial charge in [0.05, 0.1) is 25.9 Å². The van der Waals surface area contributed by atoms with Crippen molar-refractivity contribution in [2.75, 3.05) is 20.3 Å². The molecule has 1 spiro atoms. The van der Waals surface area contributed by atoms with Crippen molar-refractivity contribution in [3.05, 3.63) is 35.0 Å². The van der Waals surface area contributed by atoms with E-state index in [1.165, 1.54) is 18.4 Å². The lowest BCUT2D eigenvalue weighted by Gasteiger charge is -2.32. The molecule has 116 valence electrons. The SMILES string of the molecule is COC(=O)c1ccc2c(c1)c1c(n2C)CCC2(C1)OCCO2. The largest absolute Gasteiger partial charge is 0.465 e. The van der Waals surface area contributed by atoms with E-state index >= 15 is 0 Å². The first-order valence-corrected chi connectivity index (χ1v) is 7.60. The lowest BCUT2D eigenvalue weighted by molar-refractivity contribution is -0.163. The van der Waals surface area contributed by atoms with Gasteiger partial charge in [0.2, 0.25) is 0 Å². The Morgan fingerprint density at radius 3 is 2.82 bits per heavy atom. The minimum atomic E-state index is -0.470. The summed E-state index contributed by atoms with van der Waals surface area (Å²) in [6.07, 6.45) is 2.55. The molecule has 0 saturated carbocycles. The molecule has 5 nitrogen and oxygen atoms in total. The topological polar surface area (TPSA) is 49.7 Å². The van der Waals surface area contributed by atoms with Crippen LogP contribution in [0.1, 0.15) is 28.0 Å². The standard InChI is InChI=1S/C17H19NO4/c1-18-14-4-3-11(16(19)20-2)9-12(14)13-10-17(6-5-15(13)18)21-7-8-22-17/h3-4,9H,5-8,10H2,1-2H3. The fraction of sp³-hybridized carbons (Fsp3) is 0.471. The lowest BCUT2D eigenvalue weighted by atomic mass is 9.90. The lowest BCUT2D eigenvalue weighted by Crippen LogP contribution is -2.37. The highest BCUT2D eigenvalue weighted by molar-refractivity contribution is 5.96. The minimum absolute atomic E-state index is 0.307. The monoisotopic (exact) mass is 301 g/mol. The van der Waals surface area contributed by atoms with Crippen LogP contribution in [0.4, 0.5) is 0 Å². The normalized spacial score (nSPS) is 19.5. The van der Waals surface area contributed by atoms with Crippen molar-refractivity contribution in [3.8, 4) is 0 Å². The number of carbonyl (C=O) groups excluding carboxylic acids is 1. The zero-order valence-corrected chi connectivity index (χ0v) is 12.8. The van der Waals surface area contributed by atoms with Gasteiger partial charge in [0, 0.05) is 36.5 Å².